The highest BCUT2D eigenvalue weighted by atomic mass is 19.4. The highest BCUT2D eigenvalue weighted by Crippen LogP contribution is 2.37. The summed E-state index contributed by atoms with van der Waals surface area (Å²) in [5.41, 5.74) is -3.18. The minimum atomic E-state index is -4.98. The molecule has 0 unspecified atom stereocenters. The van der Waals surface area contributed by atoms with Crippen molar-refractivity contribution in [2.75, 3.05) is 5.32 Å². The van der Waals surface area contributed by atoms with Crippen molar-refractivity contribution in [3.8, 4) is 0 Å². The molecular weight excluding hydrogens is 352 g/mol. The molecule has 0 saturated heterocycles. The summed E-state index contributed by atoms with van der Waals surface area (Å²) in [4.78, 5) is 15.6. The smallest absolute Gasteiger partial charge is 0.332 e. The van der Waals surface area contributed by atoms with Gasteiger partial charge in [-0.25, -0.2) is 4.79 Å². The Morgan fingerprint density at radius 1 is 0.960 bits per heavy atom. The molecule has 1 aromatic carbocycles. The van der Waals surface area contributed by atoms with Crippen LogP contribution >= 0.6 is 0 Å². The molecule has 134 valence electrons. The van der Waals surface area contributed by atoms with Crippen LogP contribution in [0.25, 0.3) is 0 Å². The van der Waals surface area contributed by atoms with Gasteiger partial charge in [0.05, 0.1) is 23.4 Å². The monoisotopic (exact) mass is 363 g/mol. The largest absolute Gasteiger partial charge is 0.416 e. The molecule has 1 aromatic heterocycles. The van der Waals surface area contributed by atoms with Crippen molar-refractivity contribution < 1.29 is 31.1 Å². The standard InChI is InChI=1S/C15H11F6N3O/c16-14(17,18)9-5-10(15(19,20)21)7-12(6-9)24-13(25)23-8-11-3-1-2-4-22-11/h1-7H,8H2,(H2,23,24,25). The van der Waals surface area contributed by atoms with Crippen molar-refractivity contribution in [2.45, 2.75) is 18.9 Å². The fraction of sp³-hybridized carbons (Fsp3) is 0.200. The molecular formula is C15H11F6N3O. The van der Waals surface area contributed by atoms with Crippen molar-refractivity contribution in [2.24, 2.45) is 0 Å². The quantitative estimate of drug-likeness (QED) is 0.792. The zero-order chi connectivity index (χ0) is 18.7. The average molecular weight is 363 g/mol. The normalized spacial score (nSPS) is 11.9. The molecule has 0 aliphatic carbocycles. The van der Waals surface area contributed by atoms with E-state index in [0.717, 1.165) is 0 Å². The van der Waals surface area contributed by atoms with Gasteiger partial charge in [0.15, 0.2) is 0 Å². The predicted molar refractivity (Wildman–Crippen MR) is 76.5 cm³/mol. The Morgan fingerprint density at radius 3 is 2.04 bits per heavy atom. The molecule has 1 heterocycles. The molecule has 0 aliphatic rings. The third kappa shape index (κ3) is 5.37. The van der Waals surface area contributed by atoms with Gasteiger partial charge in [0.2, 0.25) is 0 Å². The lowest BCUT2D eigenvalue weighted by atomic mass is 10.1. The fourth-order valence-electron chi connectivity index (χ4n) is 1.88. The lowest BCUT2D eigenvalue weighted by Crippen LogP contribution is -2.28. The molecule has 2 aromatic rings. The van der Waals surface area contributed by atoms with Gasteiger partial charge in [0.1, 0.15) is 0 Å². The molecule has 0 saturated carbocycles. The molecule has 0 fully saturated rings. The lowest BCUT2D eigenvalue weighted by Gasteiger charge is -2.15. The molecule has 2 amide bonds. The van der Waals surface area contributed by atoms with Crippen LogP contribution in [0.15, 0.2) is 42.6 Å². The van der Waals surface area contributed by atoms with E-state index >= 15 is 0 Å². The Balaban J connectivity index is 2.16. The second-order valence-electron chi connectivity index (χ2n) is 4.92. The van der Waals surface area contributed by atoms with Gasteiger partial charge in [-0.15, -0.1) is 0 Å². The van der Waals surface area contributed by atoms with E-state index in [0.29, 0.717) is 17.8 Å². The number of pyridine rings is 1. The van der Waals surface area contributed by atoms with Crippen molar-refractivity contribution in [3.05, 3.63) is 59.4 Å². The van der Waals surface area contributed by atoms with Crippen LogP contribution in [-0.4, -0.2) is 11.0 Å². The van der Waals surface area contributed by atoms with E-state index < -0.39 is 35.2 Å². The number of hydrogen-bond acceptors (Lipinski definition) is 2. The highest BCUT2D eigenvalue weighted by Gasteiger charge is 2.37. The van der Waals surface area contributed by atoms with E-state index in [9.17, 15) is 31.1 Å². The zero-order valence-electron chi connectivity index (χ0n) is 12.4. The summed E-state index contributed by atoms with van der Waals surface area (Å²) in [5.74, 6) is 0. The second kappa shape index (κ2) is 6.99. The molecule has 0 spiro atoms. The number of carbonyl (C=O) groups excluding carboxylic acids is 1. The minimum absolute atomic E-state index is 0.0169. The van der Waals surface area contributed by atoms with Gasteiger partial charge in [-0.3, -0.25) is 4.98 Å². The van der Waals surface area contributed by atoms with Crippen LogP contribution < -0.4 is 10.6 Å². The predicted octanol–water partition coefficient (Wildman–Crippen LogP) is 4.44. The summed E-state index contributed by atoms with van der Waals surface area (Å²) in [6, 6.07) is 4.77. The van der Waals surface area contributed by atoms with Gasteiger partial charge in [-0.1, -0.05) is 6.07 Å². The van der Waals surface area contributed by atoms with Gasteiger partial charge < -0.3 is 10.6 Å². The molecule has 0 atom stereocenters. The SMILES string of the molecule is O=C(NCc1ccccn1)Nc1cc(C(F)(F)F)cc(C(F)(F)F)c1. The van der Waals surface area contributed by atoms with Crippen LogP contribution in [-0.2, 0) is 18.9 Å². The summed E-state index contributed by atoms with van der Waals surface area (Å²) in [6.07, 6.45) is -8.50. The minimum Gasteiger partial charge on any atom is -0.332 e. The van der Waals surface area contributed by atoms with E-state index in [1.807, 2.05) is 5.32 Å². The molecule has 4 nitrogen and oxygen atoms in total. The fourth-order valence-corrected chi connectivity index (χ4v) is 1.88. The number of benzene rings is 1. The highest BCUT2D eigenvalue weighted by molar-refractivity contribution is 5.89. The van der Waals surface area contributed by atoms with E-state index in [2.05, 4.69) is 10.3 Å². The number of alkyl halides is 6. The van der Waals surface area contributed by atoms with Gasteiger partial charge in [0, 0.05) is 11.9 Å². The van der Waals surface area contributed by atoms with Crippen LogP contribution in [0.3, 0.4) is 0 Å². The number of nitrogens with one attached hydrogen (secondary N) is 2. The molecule has 0 radical (unpaired) electrons. The molecule has 0 aliphatic heterocycles. The Labute approximate surface area is 137 Å². The molecule has 2 N–H and O–H groups in total. The summed E-state index contributed by atoms with van der Waals surface area (Å²) in [5, 5.41) is 4.25. The number of hydrogen-bond donors (Lipinski definition) is 2. The number of aromatic nitrogens is 1. The number of carbonyl (C=O) groups is 1. The van der Waals surface area contributed by atoms with Crippen LogP contribution in [0.4, 0.5) is 36.8 Å². The average Bonchev–Trinajstić information content (AvgIpc) is 2.52. The molecule has 10 heteroatoms. The number of nitrogens with zero attached hydrogens (tertiary/aromatic N) is 1. The van der Waals surface area contributed by atoms with Gasteiger partial charge in [-0.05, 0) is 30.3 Å². The summed E-state index contributed by atoms with van der Waals surface area (Å²) in [7, 11) is 0. The Kier molecular flexibility index (Phi) is 5.19. The summed E-state index contributed by atoms with van der Waals surface area (Å²) in [6.45, 7) is -0.0439. The first kappa shape index (κ1) is 18.6. The van der Waals surface area contributed by atoms with Gasteiger partial charge in [0.25, 0.3) is 0 Å². The Hall–Kier alpha value is -2.78. The topological polar surface area (TPSA) is 54.0 Å². The first-order valence-electron chi connectivity index (χ1n) is 6.80. The second-order valence-corrected chi connectivity index (χ2v) is 4.92. The number of anilines is 1. The number of rotatable bonds is 3. The van der Waals surface area contributed by atoms with Crippen molar-refractivity contribution in [3.63, 3.8) is 0 Å². The Morgan fingerprint density at radius 2 is 1.56 bits per heavy atom. The van der Waals surface area contributed by atoms with Crippen LogP contribution in [0.1, 0.15) is 16.8 Å². The van der Waals surface area contributed by atoms with E-state index in [1.54, 1.807) is 18.2 Å². The van der Waals surface area contributed by atoms with E-state index in [-0.39, 0.29) is 12.6 Å². The van der Waals surface area contributed by atoms with Crippen molar-refractivity contribution in [1.82, 2.24) is 10.3 Å². The van der Waals surface area contributed by atoms with Crippen LogP contribution in [0, 0.1) is 0 Å². The maximum absolute atomic E-state index is 12.7. The van der Waals surface area contributed by atoms with Crippen LogP contribution in [0.2, 0.25) is 0 Å². The maximum Gasteiger partial charge on any atom is 0.416 e. The lowest BCUT2D eigenvalue weighted by molar-refractivity contribution is -0.143. The number of urea groups is 1. The van der Waals surface area contributed by atoms with Gasteiger partial charge in [-0.2, -0.15) is 26.3 Å². The zero-order valence-corrected chi connectivity index (χ0v) is 12.4. The van der Waals surface area contributed by atoms with Gasteiger partial charge >= 0.3 is 18.4 Å². The van der Waals surface area contributed by atoms with E-state index in [1.165, 1.54) is 6.20 Å². The Bertz CT molecular complexity index is 711. The van der Waals surface area contributed by atoms with Crippen molar-refractivity contribution in [1.29, 1.82) is 0 Å². The maximum atomic E-state index is 12.7. The first-order valence-corrected chi connectivity index (χ1v) is 6.80. The third-order valence-electron chi connectivity index (χ3n) is 3.00. The molecule has 0 bridgehead atoms. The summed E-state index contributed by atoms with van der Waals surface area (Å²) >= 11 is 0. The summed E-state index contributed by atoms with van der Waals surface area (Å²) < 4.78 is 76.4. The number of amides is 2. The molecule has 25 heavy (non-hydrogen) atoms. The number of halogens is 6. The first-order chi connectivity index (χ1) is 11.6. The van der Waals surface area contributed by atoms with E-state index in [4.69, 9.17) is 0 Å². The molecule has 2 rings (SSSR count). The van der Waals surface area contributed by atoms with Crippen LogP contribution in [0.5, 0.6) is 0 Å². The van der Waals surface area contributed by atoms with Crippen molar-refractivity contribution >= 4 is 11.7 Å². The third-order valence-corrected chi connectivity index (χ3v) is 3.00.